The van der Waals surface area contributed by atoms with Crippen LogP contribution in [-0.4, -0.2) is 31.1 Å². The van der Waals surface area contributed by atoms with Crippen LogP contribution in [0.25, 0.3) is 0 Å². The molecule has 1 saturated carbocycles. The van der Waals surface area contributed by atoms with Crippen LogP contribution in [0, 0.1) is 29.6 Å². The molecule has 0 radical (unpaired) electrons. The summed E-state index contributed by atoms with van der Waals surface area (Å²) in [6, 6.07) is 17.7. The number of hydrogen-bond donors (Lipinski definition) is 0. The quantitative estimate of drug-likeness (QED) is 0.528. The molecule has 0 aromatic heterocycles. The first-order valence-electron chi connectivity index (χ1n) is 12.1. The highest BCUT2D eigenvalue weighted by Gasteiger charge is 2.63. The number of ether oxygens (including phenoxy) is 3. The molecule has 0 unspecified atom stereocenters. The fourth-order valence-electron chi connectivity index (χ4n) is 8.04. The number of carbonyl (C=O) groups excluding carboxylic acids is 1. The van der Waals surface area contributed by atoms with Crippen molar-refractivity contribution in [3.63, 3.8) is 0 Å². The number of fused-ring (bicyclic) bond motifs is 4. The Morgan fingerprint density at radius 1 is 0.844 bits per heavy atom. The summed E-state index contributed by atoms with van der Waals surface area (Å²) in [5.41, 5.74) is 5.61. The van der Waals surface area contributed by atoms with E-state index in [1.807, 2.05) is 0 Å². The fourth-order valence-corrected chi connectivity index (χ4v) is 8.04. The van der Waals surface area contributed by atoms with Crippen LogP contribution in [0.1, 0.15) is 46.9 Å². The Morgan fingerprint density at radius 2 is 1.50 bits per heavy atom. The van der Waals surface area contributed by atoms with Crippen molar-refractivity contribution in [2.45, 2.75) is 43.2 Å². The van der Waals surface area contributed by atoms with Gasteiger partial charge in [0.05, 0.1) is 18.6 Å². The second-order valence-corrected chi connectivity index (χ2v) is 10.5. The van der Waals surface area contributed by atoms with E-state index in [-0.39, 0.29) is 47.8 Å². The number of carbonyl (C=O) groups is 1. The molecule has 2 saturated heterocycles. The molecule has 0 N–H and O–H groups in total. The zero-order chi connectivity index (χ0) is 21.0. The summed E-state index contributed by atoms with van der Waals surface area (Å²) >= 11 is 0. The topological polar surface area (TPSA) is 44.8 Å². The van der Waals surface area contributed by atoms with Crippen LogP contribution in [0.15, 0.2) is 60.7 Å². The van der Waals surface area contributed by atoms with Gasteiger partial charge in [-0.25, -0.2) is 0 Å². The molecule has 2 aromatic rings. The van der Waals surface area contributed by atoms with Gasteiger partial charge in [0, 0.05) is 23.7 Å². The van der Waals surface area contributed by atoms with E-state index >= 15 is 0 Å². The number of rotatable bonds is 2. The van der Waals surface area contributed by atoms with E-state index in [9.17, 15) is 4.79 Å². The minimum atomic E-state index is -0.446. The fraction of sp³-hybridized carbons (Fsp3) is 0.464. The first-order valence-corrected chi connectivity index (χ1v) is 12.1. The number of hydrogen-bond acceptors (Lipinski definition) is 4. The van der Waals surface area contributed by atoms with E-state index in [2.05, 4.69) is 60.7 Å². The molecule has 2 heterocycles. The van der Waals surface area contributed by atoms with Crippen LogP contribution in [-0.2, 0) is 19.0 Å². The average molecular weight is 427 g/mol. The van der Waals surface area contributed by atoms with Crippen molar-refractivity contribution in [1.82, 2.24) is 0 Å². The van der Waals surface area contributed by atoms with Crippen molar-refractivity contribution in [3.8, 4) is 0 Å². The summed E-state index contributed by atoms with van der Waals surface area (Å²) in [6.07, 6.45) is 5.76. The molecule has 162 valence electrons. The van der Waals surface area contributed by atoms with Gasteiger partial charge >= 0.3 is 5.97 Å². The van der Waals surface area contributed by atoms with Crippen LogP contribution >= 0.6 is 0 Å². The van der Waals surface area contributed by atoms with Gasteiger partial charge in [-0.3, -0.25) is 4.79 Å². The van der Waals surface area contributed by atoms with Crippen molar-refractivity contribution >= 4 is 5.97 Å². The summed E-state index contributed by atoms with van der Waals surface area (Å²) in [5, 5.41) is 0. The molecule has 0 amide bonds. The highest BCUT2D eigenvalue weighted by molar-refractivity contribution is 5.74. The van der Waals surface area contributed by atoms with E-state index in [1.165, 1.54) is 22.3 Å². The normalized spacial score (nSPS) is 43.6. The minimum Gasteiger partial charge on any atom is -0.456 e. The van der Waals surface area contributed by atoms with Gasteiger partial charge in [-0.2, -0.15) is 0 Å². The predicted molar refractivity (Wildman–Crippen MR) is 117 cm³/mol. The Labute approximate surface area is 187 Å². The minimum absolute atomic E-state index is 0.0112. The first kappa shape index (κ1) is 18.0. The summed E-state index contributed by atoms with van der Waals surface area (Å²) in [6.45, 7) is 0.588. The molecule has 3 fully saturated rings. The molecule has 6 bridgehead atoms. The van der Waals surface area contributed by atoms with Gasteiger partial charge in [0.15, 0.2) is 12.4 Å². The molecule has 4 heteroatoms. The molecule has 7 aliphatic rings. The van der Waals surface area contributed by atoms with Gasteiger partial charge in [0.1, 0.15) is 0 Å². The van der Waals surface area contributed by atoms with Gasteiger partial charge in [-0.05, 0) is 46.9 Å². The van der Waals surface area contributed by atoms with Crippen molar-refractivity contribution in [2.75, 3.05) is 6.61 Å². The smallest absolute Gasteiger partial charge is 0.310 e. The summed E-state index contributed by atoms with van der Waals surface area (Å²) < 4.78 is 18.9. The Morgan fingerprint density at radius 3 is 2.09 bits per heavy atom. The summed E-state index contributed by atoms with van der Waals surface area (Å²) in [7, 11) is 0. The molecule has 32 heavy (non-hydrogen) atoms. The van der Waals surface area contributed by atoms with Crippen molar-refractivity contribution in [1.29, 1.82) is 0 Å². The number of esters is 1. The zero-order valence-corrected chi connectivity index (χ0v) is 17.8. The standard InChI is InChI=1S/C28H26O4/c29-27(20-12-14-9-10-15(20)11-14)32-26-25-23-18-7-3-1-5-16(18)22(17-6-2-4-8-19(17)23)24(25)21-13-30-28(26)31-21/h1-10,14-15,20-26,28H,11-13H2/t14-,15+,20-,21-,22?,23?,24+,25-,26-,28-/m1/s1. The molecule has 2 aromatic carbocycles. The second kappa shape index (κ2) is 6.33. The third-order valence-electron chi connectivity index (χ3n) is 9.19. The second-order valence-electron chi connectivity index (χ2n) is 10.5. The highest BCUT2D eigenvalue weighted by Crippen LogP contribution is 2.63. The van der Waals surface area contributed by atoms with Gasteiger partial charge in [-0.1, -0.05) is 60.7 Å². The lowest BCUT2D eigenvalue weighted by Gasteiger charge is -2.55. The maximum atomic E-state index is 13.4. The molecule has 2 aliphatic heterocycles. The Hall–Kier alpha value is -2.43. The number of benzene rings is 2. The van der Waals surface area contributed by atoms with Crippen molar-refractivity contribution in [2.24, 2.45) is 29.6 Å². The molecule has 9 rings (SSSR count). The van der Waals surface area contributed by atoms with E-state index in [0.717, 1.165) is 12.8 Å². The van der Waals surface area contributed by atoms with Crippen molar-refractivity contribution < 1.29 is 19.0 Å². The summed E-state index contributed by atoms with van der Waals surface area (Å²) in [5.74, 6) is 1.76. The third-order valence-corrected chi connectivity index (χ3v) is 9.19. The summed E-state index contributed by atoms with van der Waals surface area (Å²) in [4.78, 5) is 13.4. The van der Waals surface area contributed by atoms with Crippen LogP contribution in [0.4, 0.5) is 0 Å². The van der Waals surface area contributed by atoms with Crippen LogP contribution in [0.3, 0.4) is 0 Å². The molecular weight excluding hydrogens is 400 g/mol. The monoisotopic (exact) mass is 426 g/mol. The van der Waals surface area contributed by atoms with Gasteiger partial charge in [-0.15, -0.1) is 0 Å². The lowest BCUT2D eigenvalue weighted by atomic mass is 9.51. The molecule has 5 aliphatic carbocycles. The maximum Gasteiger partial charge on any atom is 0.310 e. The predicted octanol–water partition coefficient (Wildman–Crippen LogP) is 4.39. The third kappa shape index (κ3) is 2.22. The average Bonchev–Trinajstić information content (AvgIpc) is 3.58. The van der Waals surface area contributed by atoms with Crippen LogP contribution < -0.4 is 0 Å². The highest BCUT2D eigenvalue weighted by atomic mass is 16.7. The zero-order valence-electron chi connectivity index (χ0n) is 17.8. The van der Waals surface area contributed by atoms with Gasteiger partial charge < -0.3 is 14.2 Å². The van der Waals surface area contributed by atoms with Gasteiger partial charge in [0.25, 0.3) is 0 Å². The maximum absolute atomic E-state index is 13.4. The number of allylic oxidation sites excluding steroid dienone is 2. The first-order chi connectivity index (χ1) is 15.8. The van der Waals surface area contributed by atoms with Crippen molar-refractivity contribution in [3.05, 3.63) is 82.9 Å². The molecule has 8 atom stereocenters. The van der Waals surface area contributed by atoms with E-state index in [1.54, 1.807) is 0 Å². The van der Waals surface area contributed by atoms with E-state index in [0.29, 0.717) is 18.4 Å². The lowest BCUT2D eigenvalue weighted by molar-refractivity contribution is -0.223. The molecular formula is C28H26O4. The lowest BCUT2D eigenvalue weighted by Crippen LogP contribution is -2.57. The Bertz CT molecular complexity index is 1110. The SMILES string of the molecule is O=C(O[C@H]1[C@@H]2OC[C@@H](O2)[C@H]2C3c4ccccc4C(c4ccccc43)[C@@H]12)[C@@H]1C[C@@H]2C=C[C@H]1C2. The van der Waals surface area contributed by atoms with Crippen LogP contribution in [0.5, 0.6) is 0 Å². The molecule has 0 spiro atoms. The van der Waals surface area contributed by atoms with E-state index in [4.69, 9.17) is 14.2 Å². The van der Waals surface area contributed by atoms with Crippen LogP contribution in [0.2, 0.25) is 0 Å². The van der Waals surface area contributed by atoms with E-state index < -0.39 is 6.29 Å². The Kier molecular flexibility index (Phi) is 3.57. The largest absolute Gasteiger partial charge is 0.456 e. The Balaban J connectivity index is 1.23. The van der Waals surface area contributed by atoms with Gasteiger partial charge in [0.2, 0.25) is 0 Å². The molecule has 4 nitrogen and oxygen atoms in total.